The molecule has 0 saturated heterocycles. The van der Waals surface area contributed by atoms with Crippen LogP contribution in [-0.4, -0.2) is 8.07 Å². The first kappa shape index (κ1) is 31.2. The van der Waals surface area contributed by atoms with Crippen molar-refractivity contribution >= 4 is 23.6 Å². The van der Waals surface area contributed by atoms with Gasteiger partial charge < -0.3 is 37.2 Å². The van der Waals surface area contributed by atoms with Gasteiger partial charge in [-0.3, -0.25) is 6.08 Å². The Hall–Kier alpha value is -1.84. The van der Waals surface area contributed by atoms with Gasteiger partial charge in [-0.1, -0.05) is 128 Å². The molecule has 0 amide bonds. The fourth-order valence-electron chi connectivity index (χ4n) is 4.79. The van der Waals surface area contributed by atoms with Gasteiger partial charge in [0.05, 0.1) is 0 Å². The fraction of sp³-hybridized carbons (Fsp3) is 0.0667. The molecule has 5 rings (SSSR count). The van der Waals surface area contributed by atoms with E-state index in [0.717, 1.165) is 12.8 Å². The second-order valence-electron chi connectivity index (χ2n) is 8.05. The first-order valence-electron chi connectivity index (χ1n) is 10.9. The van der Waals surface area contributed by atoms with E-state index >= 15 is 0 Å². The molecule has 0 nitrogen and oxygen atoms in total. The molecule has 4 aromatic carbocycles. The SMILES string of the molecule is [C-]1=C([Si](c2ccccc2)(c2ccccc2)c2ccccc2)CC=C1Cc1ccccc1.[Cl-].[Cl-].[Cl-].[Ti+4]. The minimum absolute atomic E-state index is 0. The van der Waals surface area contributed by atoms with E-state index in [4.69, 9.17) is 0 Å². The average molecular weight is 568 g/mol. The average Bonchev–Trinajstić information content (AvgIpc) is 3.31. The summed E-state index contributed by atoms with van der Waals surface area (Å²) >= 11 is 0. The number of rotatable bonds is 6. The van der Waals surface area contributed by atoms with E-state index in [-0.39, 0.29) is 58.9 Å². The van der Waals surface area contributed by atoms with Crippen LogP contribution in [0, 0.1) is 6.08 Å². The summed E-state index contributed by atoms with van der Waals surface area (Å²) in [5.74, 6) is 0. The number of benzene rings is 4. The van der Waals surface area contributed by atoms with Gasteiger partial charge in [-0.05, 0) is 27.5 Å². The smallest absolute Gasteiger partial charge is 1.00 e. The van der Waals surface area contributed by atoms with Crippen molar-refractivity contribution in [3.63, 3.8) is 0 Å². The van der Waals surface area contributed by atoms with Gasteiger partial charge in [-0.2, -0.15) is 5.20 Å². The maximum absolute atomic E-state index is 3.92. The first-order chi connectivity index (χ1) is 15.4. The molecule has 0 aromatic heterocycles. The molecular formula is C30H25Cl3SiTi. The molecule has 1 aliphatic carbocycles. The van der Waals surface area contributed by atoms with Crippen LogP contribution < -0.4 is 52.8 Å². The van der Waals surface area contributed by atoms with E-state index in [1.165, 1.54) is 31.9 Å². The topological polar surface area (TPSA) is 0 Å². The van der Waals surface area contributed by atoms with Gasteiger partial charge in [0.25, 0.3) is 0 Å². The van der Waals surface area contributed by atoms with E-state index in [9.17, 15) is 0 Å². The van der Waals surface area contributed by atoms with Gasteiger partial charge >= 0.3 is 21.7 Å². The minimum atomic E-state index is -2.40. The quantitative estimate of drug-likeness (QED) is 0.127. The predicted octanol–water partition coefficient (Wildman–Crippen LogP) is -3.99. The molecule has 0 heterocycles. The van der Waals surface area contributed by atoms with Crippen molar-refractivity contribution in [2.24, 2.45) is 0 Å². The van der Waals surface area contributed by atoms with Gasteiger partial charge in [0.2, 0.25) is 0 Å². The van der Waals surface area contributed by atoms with Crippen molar-refractivity contribution in [1.29, 1.82) is 0 Å². The van der Waals surface area contributed by atoms with Crippen molar-refractivity contribution in [1.82, 2.24) is 0 Å². The zero-order valence-electron chi connectivity index (χ0n) is 19.2. The Labute approximate surface area is 243 Å². The molecule has 0 radical (unpaired) electrons. The van der Waals surface area contributed by atoms with E-state index in [0.29, 0.717) is 0 Å². The minimum Gasteiger partial charge on any atom is -1.00 e. The molecule has 1 aliphatic rings. The summed E-state index contributed by atoms with van der Waals surface area (Å²) in [6.45, 7) is 0. The molecule has 5 heteroatoms. The molecular weight excluding hydrogens is 543 g/mol. The molecule has 174 valence electrons. The number of hydrogen-bond donors (Lipinski definition) is 0. The van der Waals surface area contributed by atoms with E-state index in [1.54, 1.807) is 0 Å². The summed E-state index contributed by atoms with van der Waals surface area (Å²) in [7, 11) is -2.40. The van der Waals surface area contributed by atoms with Crippen LogP contribution in [0.15, 0.2) is 138 Å². The van der Waals surface area contributed by atoms with Crippen LogP contribution in [0.1, 0.15) is 12.0 Å². The standard InChI is InChI=1S/C30H25Si.3ClH.Ti/c1-5-13-25(14-6-1)23-26-21-22-30(24-26)31(27-15-7-2-8-16-27,28-17-9-3-10-18-28)29-19-11-4-12-20-29;;;;/h1-21H,22-23H2;3*1H;/q-1;;;;+4/p-3. The Morgan fingerprint density at radius 1 is 0.543 bits per heavy atom. The van der Waals surface area contributed by atoms with Crippen LogP contribution in [0.25, 0.3) is 0 Å². The third-order valence-corrected chi connectivity index (χ3v) is 11.0. The molecule has 0 fully saturated rings. The van der Waals surface area contributed by atoms with Crippen molar-refractivity contribution in [2.75, 3.05) is 0 Å². The molecule has 4 aromatic rings. The van der Waals surface area contributed by atoms with Crippen molar-refractivity contribution in [3.05, 3.63) is 150 Å². The third kappa shape index (κ3) is 6.49. The van der Waals surface area contributed by atoms with E-state index < -0.39 is 8.07 Å². The predicted molar refractivity (Wildman–Crippen MR) is 134 cm³/mol. The second-order valence-corrected chi connectivity index (χ2v) is 11.9. The van der Waals surface area contributed by atoms with Gasteiger partial charge in [0, 0.05) is 0 Å². The maximum atomic E-state index is 3.92. The summed E-state index contributed by atoms with van der Waals surface area (Å²) in [5.41, 5.74) is 2.65. The summed E-state index contributed by atoms with van der Waals surface area (Å²) in [6.07, 6.45) is 8.21. The number of hydrogen-bond acceptors (Lipinski definition) is 0. The second kappa shape index (κ2) is 14.7. The summed E-state index contributed by atoms with van der Waals surface area (Å²) in [4.78, 5) is 0. The summed E-state index contributed by atoms with van der Waals surface area (Å²) < 4.78 is 0. The van der Waals surface area contributed by atoms with Gasteiger partial charge in [0.1, 0.15) is 0 Å². The normalized spacial score (nSPS) is 12.0. The molecule has 35 heavy (non-hydrogen) atoms. The fourth-order valence-corrected chi connectivity index (χ4v) is 9.67. The van der Waals surface area contributed by atoms with Crippen LogP contribution in [0.4, 0.5) is 0 Å². The number of allylic oxidation sites excluding steroid dienone is 4. The molecule has 0 aliphatic heterocycles. The Morgan fingerprint density at radius 3 is 1.31 bits per heavy atom. The first-order valence-corrected chi connectivity index (χ1v) is 12.9. The van der Waals surface area contributed by atoms with Gasteiger partial charge in [-0.25, -0.2) is 11.6 Å². The van der Waals surface area contributed by atoms with Crippen molar-refractivity contribution in [2.45, 2.75) is 12.8 Å². The zero-order valence-corrected chi connectivity index (χ0v) is 24.0. The Balaban J connectivity index is 0.00000153. The Morgan fingerprint density at radius 2 is 0.914 bits per heavy atom. The Bertz CT molecular complexity index is 1120. The van der Waals surface area contributed by atoms with Gasteiger partial charge in [0.15, 0.2) is 8.07 Å². The van der Waals surface area contributed by atoms with E-state index in [2.05, 4.69) is 133 Å². The molecule has 0 N–H and O–H groups in total. The van der Waals surface area contributed by atoms with Gasteiger partial charge in [-0.15, -0.1) is 0 Å². The molecule has 0 bridgehead atoms. The monoisotopic (exact) mass is 566 g/mol. The molecule has 0 atom stereocenters. The van der Waals surface area contributed by atoms with Crippen LogP contribution in [0.5, 0.6) is 0 Å². The Kier molecular flexibility index (Phi) is 13.1. The van der Waals surface area contributed by atoms with Crippen LogP contribution >= 0.6 is 0 Å². The molecule has 0 unspecified atom stereocenters. The largest absolute Gasteiger partial charge is 4.00 e. The molecule has 0 saturated carbocycles. The summed E-state index contributed by atoms with van der Waals surface area (Å²) in [6, 6.07) is 44.0. The zero-order chi connectivity index (χ0) is 20.9. The van der Waals surface area contributed by atoms with Crippen LogP contribution in [-0.2, 0) is 28.1 Å². The van der Waals surface area contributed by atoms with Crippen LogP contribution in [0.2, 0.25) is 0 Å². The van der Waals surface area contributed by atoms with Crippen LogP contribution in [0.3, 0.4) is 0 Å². The number of halogens is 3. The maximum Gasteiger partial charge on any atom is 4.00 e. The van der Waals surface area contributed by atoms with Crippen molar-refractivity contribution in [3.8, 4) is 0 Å². The summed E-state index contributed by atoms with van der Waals surface area (Å²) in [5, 5.41) is 5.71. The third-order valence-electron chi connectivity index (χ3n) is 6.17. The van der Waals surface area contributed by atoms with Crippen molar-refractivity contribution < 1.29 is 58.9 Å². The molecule has 0 spiro atoms. The van der Waals surface area contributed by atoms with E-state index in [1.807, 2.05) is 0 Å².